The highest BCUT2D eigenvalue weighted by Crippen LogP contribution is 2.26. The van der Waals surface area contributed by atoms with E-state index in [9.17, 15) is 9.59 Å². The van der Waals surface area contributed by atoms with E-state index in [1.165, 1.54) is 35.6 Å². The van der Waals surface area contributed by atoms with Gasteiger partial charge in [0.2, 0.25) is 5.91 Å². The molecule has 28 heavy (non-hydrogen) atoms. The number of nitrogens with one attached hydrogen (secondary N) is 1. The van der Waals surface area contributed by atoms with Crippen molar-refractivity contribution in [2.45, 2.75) is 39.0 Å². The van der Waals surface area contributed by atoms with Crippen molar-refractivity contribution in [1.29, 1.82) is 0 Å². The summed E-state index contributed by atoms with van der Waals surface area (Å²) >= 11 is 2.81. The molecule has 146 valence electrons. The van der Waals surface area contributed by atoms with E-state index >= 15 is 0 Å². The second-order valence-corrected chi connectivity index (χ2v) is 8.42. The van der Waals surface area contributed by atoms with Crippen molar-refractivity contribution in [2.75, 3.05) is 5.75 Å². The molecule has 0 atom stereocenters. The van der Waals surface area contributed by atoms with Gasteiger partial charge in [-0.05, 0) is 32.0 Å². The summed E-state index contributed by atoms with van der Waals surface area (Å²) < 4.78 is 2.03. The van der Waals surface area contributed by atoms with Crippen LogP contribution in [-0.2, 0) is 17.9 Å². The molecule has 1 aromatic carbocycles. The average Bonchev–Trinajstić information content (AvgIpc) is 3.31. The van der Waals surface area contributed by atoms with Crippen molar-refractivity contribution in [3.8, 4) is 11.4 Å². The summed E-state index contributed by atoms with van der Waals surface area (Å²) in [4.78, 5) is 25.2. The van der Waals surface area contributed by atoms with E-state index < -0.39 is 0 Å². The lowest BCUT2D eigenvalue weighted by Crippen LogP contribution is -2.18. The van der Waals surface area contributed by atoms with Crippen molar-refractivity contribution in [3.05, 3.63) is 51.7 Å². The van der Waals surface area contributed by atoms with Gasteiger partial charge in [-0.15, -0.1) is 21.5 Å². The molecule has 1 amide bonds. The van der Waals surface area contributed by atoms with E-state index in [1.54, 1.807) is 0 Å². The second kappa shape index (κ2) is 9.16. The van der Waals surface area contributed by atoms with Crippen molar-refractivity contribution in [2.24, 2.45) is 0 Å². The molecule has 0 aliphatic rings. The first-order valence-corrected chi connectivity index (χ1v) is 10.8. The fraction of sp³-hybridized carbons (Fsp3) is 0.300. The van der Waals surface area contributed by atoms with Gasteiger partial charge in [-0.25, -0.2) is 0 Å². The first kappa shape index (κ1) is 20.3. The number of hydrogen-bond acceptors (Lipinski definition) is 6. The number of aryl methyl sites for hydroxylation is 1. The molecule has 0 unspecified atom stereocenters. The molecule has 2 heterocycles. The van der Waals surface area contributed by atoms with Crippen molar-refractivity contribution >= 4 is 34.8 Å². The van der Waals surface area contributed by atoms with Crippen LogP contribution < -0.4 is 5.32 Å². The van der Waals surface area contributed by atoms with E-state index in [4.69, 9.17) is 0 Å². The number of Topliss-reactive ketones (excluding diaryl/α,β-unsaturated/α-hetero) is 1. The van der Waals surface area contributed by atoms with Gasteiger partial charge in [0.1, 0.15) is 0 Å². The van der Waals surface area contributed by atoms with Crippen molar-refractivity contribution in [3.63, 3.8) is 0 Å². The highest BCUT2D eigenvalue weighted by Gasteiger charge is 2.16. The Kier molecular flexibility index (Phi) is 6.64. The Bertz CT molecular complexity index is 994. The minimum Gasteiger partial charge on any atom is -0.351 e. The fourth-order valence-corrected chi connectivity index (χ4v) is 4.58. The van der Waals surface area contributed by atoms with Crippen LogP contribution in [-0.4, -0.2) is 32.2 Å². The van der Waals surface area contributed by atoms with E-state index in [2.05, 4.69) is 21.6 Å². The SMILES string of the molecule is CCn1c(SCC(=O)c2ccc(CNC(C)=O)s2)nnc1-c1cccc(C)c1. The summed E-state index contributed by atoms with van der Waals surface area (Å²) in [5.41, 5.74) is 2.19. The summed E-state index contributed by atoms with van der Waals surface area (Å²) in [5.74, 6) is 1.08. The Labute approximate surface area is 172 Å². The Hall–Kier alpha value is -2.45. The van der Waals surface area contributed by atoms with Gasteiger partial charge in [0.15, 0.2) is 16.8 Å². The van der Waals surface area contributed by atoms with Crippen LogP contribution in [0.3, 0.4) is 0 Å². The normalized spacial score (nSPS) is 10.8. The molecule has 0 fully saturated rings. The van der Waals surface area contributed by atoms with Crippen LogP contribution in [0.1, 0.15) is 34.0 Å². The van der Waals surface area contributed by atoms with E-state index in [1.807, 2.05) is 48.7 Å². The second-order valence-electron chi connectivity index (χ2n) is 6.31. The van der Waals surface area contributed by atoms with Crippen LogP contribution in [0, 0.1) is 6.92 Å². The Morgan fingerprint density at radius 2 is 2.04 bits per heavy atom. The molecule has 0 bridgehead atoms. The van der Waals surface area contributed by atoms with Crippen LogP contribution in [0.5, 0.6) is 0 Å². The third-order valence-electron chi connectivity index (χ3n) is 4.09. The lowest BCUT2D eigenvalue weighted by Gasteiger charge is -2.07. The number of rotatable bonds is 8. The average molecular weight is 415 g/mol. The molecule has 3 aromatic rings. The number of amides is 1. The smallest absolute Gasteiger partial charge is 0.217 e. The van der Waals surface area contributed by atoms with Gasteiger partial charge in [-0.2, -0.15) is 0 Å². The molecule has 6 nitrogen and oxygen atoms in total. The zero-order chi connectivity index (χ0) is 20.1. The molecule has 2 aromatic heterocycles. The summed E-state index contributed by atoms with van der Waals surface area (Å²) in [6.45, 7) is 6.75. The molecule has 0 saturated carbocycles. The third-order valence-corrected chi connectivity index (χ3v) is 6.18. The van der Waals surface area contributed by atoms with Gasteiger partial charge < -0.3 is 9.88 Å². The number of benzene rings is 1. The Morgan fingerprint density at radius 1 is 1.21 bits per heavy atom. The van der Waals surface area contributed by atoms with Gasteiger partial charge in [0.05, 0.1) is 17.2 Å². The summed E-state index contributed by atoms with van der Waals surface area (Å²) in [6.07, 6.45) is 0. The summed E-state index contributed by atoms with van der Waals surface area (Å²) in [6, 6.07) is 11.8. The van der Waals surface area contributed by atoms with E-state index in [-0.39, 0.29) is 11.7 Å². The summed E-state index contributed by atoms with van der Waals surface area (Å²) in [7, 11) is 0. The third kappa shape index (κ3) is 4.88. The number of carbonyl (C=O) groups is 2. The molecule has 1 N–H and O–H groups in total. The lowest BCUT2D eigenvalue weighted by atomic mass is 10.1. The molecule has 0 aliphatic heterocycles. The largest absolute Gasteiger partial charge is 0.351 e. The highest BCUT2D eigenvalue weighted by atomic mass is 32.2. The number of aromatic nitrogens is 3. The predicted octanol–water partition coefficient (Wildman–Crippen LogP) is 3.95. The number of ketones is 1. The molecule has 0 aliphatic carbocycles. The van der Waals surface area contributed by atoms with Gasteiger partial charge in [0, 0.05) is 23.9 Å². The molecular formula is C20H22N4O2S2. The first-order valence-electron chi connectivity index (χ1n) is 8.97. The molecule has 8 heteroatoms. The quantitative estimate of drug-likeness (QED) is 0.446. The molecular weight excluding hydrogens is 392 g/mol. The van der Waals surface area contributed by atoms with Gasteiger partial charge in [-0.1, -0.05) is 35.5 Å². The maximum Gasteiger partial charge on any atom is 0.217 e. The van der Waals surface area contributed by atoms with Gasteiger partial charge in [0.25, 0.3) is 0 Å². The topological polar surface area (TPSA) is 76.9 Å². The highest BCUT2D eigenvalue weighted by molar-refractivity contribution is 7.99. The minimum atomic E-state index is -0.0832. The number of hydrogen-bond donors (Lipinski definition) is 1. The Balaban J connectivity index is 1.68. The van der Waals surface area contributed by atoms with Crippen LogP contribution in [0.2, 0.25) is 0 Å². The Morgan fingerprint density at radius 3 is 2.75 bits per heavy atom. The maximum atomic E-state index is 12.5. The lowest BCUT2D eigenvalue weighted by molar-refractivity contribution is -0.119. The predicted molar refractivity (Wildman–Crippen MR) is 113 cm³/mol. The maximum absolute atomic E-state index is 12.5. The van der Waals surface area contributed by atoms with Crippen LogP contribution in [0.25, 0.3) is 11.4 Å². The summed E-state index contributed by atoms with van der Waals surface area (Å²) in [5, 5.41) is 12.1. The molecule has 0 radical (unpaired) electrons. The van der Waals surface area contributed by atoms with Crippen molar-refractivity contribution in [1.82, 2.24) is 20.1 Å². The van der Waals surface area contributed by atoms with Gasteiger partial charge in [-0.3, -0.25) is 9.59 Å². The first-order chi connectivity index (χ1) is 13.5. The van der Waals surface area contributed by atoms with Crippen LogP contribution >= 0.6 is 23.1 Å². The monoisotopic (exact) mass is 414 g/mol. The molecule has 0 saturated heterocycles. The zero-order valence-electron chi connectivity index (χ0n) is 16.1. The van der Waals surface area contributed by atoms with Gasteiger partial charge >= 0.3 is 0 Å². The standard InChI is InChI=1S/C20H22N4O2S2/c1-4-24-19(15-7-5-6-13(2)10-15)22-23-20(24)27-12-17(26)18-9-8-16(28-18)11-21-14(3)25/h5-10H,4,11-12H2,1-3H3,(H,21,25). The number of nitrogens with zero attached hydrogens (tertiary/aromatic N) is 3. The molecule has 3 rings (SSSR count). The van der Waals surface area contributed by atoms with E-state index in [0.717, 1.165) is 28.0 Å². The number of thiophene rings is 1. The van der Waals surface area contributed by atoms with E-state index in [0.29, 0.717) is 17.2 Å². The minimum absolute atomic E-state index is 0.0480. The van der Waals surface area contributed by atoms with Crippen molar-refractivity contribution < 1.29 is 9.59 Å². The molecule has 0 spiro atoms. The zero-order valence-corrected chi connectivity index (χ0v) is 17.7. The fourth-order valence-electron chi connectivity index (χ4n) is 2.71. The van der Waals surface area contributed by atoms with Crippen LogP contribution in [0.15, 0.2) is 41.6 Å². The number of thioether (sulfide) groups is 1. The van der Waals surface area contributed by atoms with Crippen LogP contribution in [0.4, 0.5) is 0 Å². The number of carbonyl (C=O) groups excluding carboxylic acids is 2.